The number of hydrogen-bond donors (Lipinski definition) is 3. The zero-order valence-electron chi connectivity index (χ0n) is 8.99. The third kappa shape index (κ3) is 1.78. The van der Waals surface area contributed by atoms with Crippen molar-refractivity contribution in [1.29, 1.82) is 0 Å². The summed E-state index contributed by atoms with van der Waals surface area (Å²) in [6, 6.07) is 3.55. The second-order valence-corrected chi connectivity index (χ2v) is 4.15. The summed E-state index contributed by atoms with van der Waals surface area (Å²) in [5.74, 6) is -0.0857. The van der Waals surface area contributed by atoms with E-state index in [-0.39, 0.29) is 17.5 Å². The van der Waals surface area contributed by atoms with Gasteiger partial charge in [0, 0.05) is 19.1 Å². The van der Waals surface area contributed by atoms with Gasteiger partial charge in [-0.05, 0) is 37.4 Å². The second kappa shape index (κ2) is 3.72. The molecule has 1 aromatic rings. The predicted molar refractivity (Wildman–Crippen MR) is 57.9 cm³/mol. The molecule has 2 rings (SSSR count). The van der Waals surface area contributed by atoms with Crippen LogP contribution >= 0.6 is 0 Å². The number of aromatic hydroxyl groups is 2. The van der Waals surface area contributed by atoms with E-state index in [9.17, 15) is 10.2 Å². The zero-order chi connectivity index (χ0) is 11.0. The van der Waals surface area contributed by atoms with Crippen molar-refractivity contribution < 1.29 is 10.2 Å². The first kappa shape index (κ1) is 10.3. The van der Waals surface area contributed by atoms with Crippen molar-refractivity contribution in [2.45, 2.75) is 12.6 Å². The summed E-state index contributed by atoms with van der Waals surface area (Å²) >= 11 is 0. The highest BCUT2D eigenvalue weighted by molar-refractivity contribution is 5.47. The van der Waals surface area contributed by atoms with Gasteiger partial charge in [0.2, 0.25) is 0 Å². The molecule has 15 heavy (non-hydrogen) atoms. The van der Waals surface area contributed by atoms with Crippen molar-refractivity contribution in [2.24, 2.45) is 0 Å². The van der Waals surface area contributed by atoms with Crippen molar-refractivity contribution in [2.75, 3.05) is 20.6 Å². The molecule has 1 unspecified atom stereocenters. The van der Waals surface area contributed by atoms with Gasteiger partial charge in [-0.15, -0.1) is 0 Å². The number of hydrogen-bond acceptors (Lipinski definition) is 4. The molecular formula is C11H16N2O2. The number of rotatable bonds is 1. The molecule has 1 aromatic carbocycles. The van der Waals surface area contributed by atoms with E-state index < -0.39 is 0 Å². The number of nitrogens with one attached hydrogen (secondary N) is 1. The maximum atomic E-state index is 9.49. The van der Waals surface area contributed by atoms with E-state index in [0.717, 1.165) is 24.2 Å². The minimum absolute atomic E-state index is 0.0394. The molecule has 1 heterocycles. The maximum Gasteiger partial charge on any atom is 0.157 e. The molecule has 0 aromatic heterocycles. The summed E-state index contributed by atoms with van der Waals surface area (Å²) in [4.78, 5) is 2.10. The SMILES string of the molecule is CN(C)C1CNCc2cc(O)c(O)cc21. The van der Waals surface area contributed by atoms with Crippen LogP contribution in [-0.4, -0.2) is 35.8 Å². The van der Waals surface area contributed by atoms with Crippen molar-refractivity contribution >= 4 is 0 Å². The van der Waals surface area contributed by atoms with Crippen LogP contribution in [0.5, 0.6) is 11.5 Å². The summed E-state index contributed by atoms with van der Waals surface area (Å²) in [5, 5.41) is 22.2. The van der Waals surface area contributed by atoms with Crippen LogP contribution in [0.15, 0.2) is 12.1 Å². The first-order chi connectivity index (χ1) is 7.09. The normalized spacial score (nSPS) is 20.3. The number of phenolic OH excluding ortho intramolecular Hbond substituents is 2. The van der Waals surface area contributed by atoms with E-state index >= 15 is 0 Å². The van der Waals surface area contributed by atoms with Crippen molar-refractivity contribution in [1.82, 2.24) is 10.2 Å². The van der Waals surface area contributed by atoms with Gasteiger partial charge in [0.25, 0.3) is 0 Å². The lowest BCUT2D eigenvalue weighted by Gasteiger charge is -2.31. The molecule has 0 spiro atoms. The van der Waals surface area contributed by atoms with Gasteiger partial charge in [-0.1, -0.05) is 0 Å². The molecule has 0 amide bonds. The molecule has 1 aliphatic rings. The average molecular weight is 208 g/mol. The molecule has 0 fully saturated rings. The van der Waals surface area contributed by atoms with E-state index in [1.165, 1.54) is 0 Å². The Kier molecular flexibility index (Phi) is 2.54. The monoisotopic (exact) mass is 208 g/mol. The minimum Gasteiger partial charge on any atom is -0.504 e. The van der Waals surface area contributed by atoms with Crippen LogP contribution in [0.4, 0.5) is 0 Å². The number of nitrogens with zero attached hydrogens (tertiary/aromatic N) is 1. The number of benzene rings is 1. The standard InChI is InChI=1S/C11H16N2O2/c1-13(2)9-6-12-5-7-3-10(14)11(15)4-8(7)9/h3-4,9,12,14-15H,5-6H2,1-2H3. The van der Waals surface area contributed by atoms with Crippen LogP contribution in [0.2, 0.25) is 0 Å². The highest BCUT2D eigenvalue weighted by Gasteiger charge is 2.23. The fraction of sp³-hybridized carbons (Fsp3) is 0.455. The highest BCUT2D eigenvalue weighted by Crippen LogP contribution is 2.34. The lowest BCUT2D eigenvalue weighted by atomic mass is 9.95. The molecule has 0 radical (unpaired) electrons. The van der Waals surface area contributed by atoms with Crippen molar-refractivity contribution in [3.05, 3.63) is 23.3 Å². The van der Waals surface area contributed by atoms with E-state index in [4.69, 9.17) is 0 Å². The molecule has 3 N–H and O–H groups in total. The third-order valence-electron chi connectivity index (χ3n) is 2.87. The highest BCUT2D eigenvalue weighted by atomic mass is 16.3. The van der Waals surface area contributed by atoms with Crippen LogP contribution in [-0.2, 0) is 6.54 Å². The van der Waals surface area contributed by atoms with Gasteiger partial charge in [0.15, 0.2) is 11.5 Å². The Bertz CT molecular complexity index is 377. The number of phenols is 2. The summed E-state index contributed by atoms with van der Waals surface area (Å²) in [6.07, 6.45) is 0. The quantitative estimate of drug-likeness (QED) is 0.598. The Balaban J connectivity index is 2.47. The number of likely N-dealkylation sites (N-methyl/N-ethyl adjacent to an activating group) is 1. The third-order valence-corrected chi connectivity index (χ3v) is 2.87. The first-order valence-electron chi connectivity index (χ1n) is 5.01. The fourth-order valence-electron chi connectivity index (χ4n) is 2.01. The Morgan fingerprint density at radius 3 is 2.60 bits per heavy atom. The largest absolute Gasteiger partial charge is 0.504 e. The van der Waals surface area contributed by atoms with Gasteiger partial charge in [0.1, 0.15) is 0 Å². The summed E-state index contributed by atoms with van der Waals surface area (Å²) in [5.41, 5.74) is 2.14. The van der Waals surface area contributed by atoms with Crippen molar-refractivity contribution in [3.63, 3.8) is 0 Å². The molecule has 0 bridgehead atoms. The molecule has 0 saturated carbocycles. The van der Waals surface area contributed by atoms with Crippen LogP contribution in [0.25, 0.3) is 0 Å². The lowest BCUT2D eigenvalue weighted by molar-refractivity contribution is 0.274. The van der Waals surface area contributed by atoms with Crippen LogP contribution < -0.4 is 5.32 Å². The average Bonchev–Trinajstić information content (AvgIpc) is 2.18. The van der Waals surface area contributed by atoms with Gasteiger partial charge in [-0.2, -0.15) is 0 Å². The van der Waals surface area contributed by atoms with E-state index in [0.29, 0.717) is 0 Å². The Morgan fingerprint density at radius 2 is 1.93 bits per heavy atom. The second-order valence-electron chi connectivity index (χ2n) is 4.15. The van der Waals surface area contributed by atoms with Gasteiger partial charge < -0.3 is 20.4 Å². The predicted octanol–water partition coefficient (Wildman–Crippen LogP) is 0.804. The van der Waals surface area contributed by atoms with Crippen molar-refractivity contribution in [3.8, 4) is 11.5 Å². The van der Waals surface area contributed by atoms with Gasteiger partial charge in [-0.3, -0.25) is 0 Å². The Hall–Kier alpha value is -1.26. The molecule has 1 aliphatic heterocycles. The van der Waals surface area contributed by atoms with Crippen LogP contribution in [0.3, 0.4) is 0 Å². The molecular weight excluding hydrogens is 192 g/mol. The minimum atomic E-state index is -0.0463. The number of fused-ring (bicyclic) bond motifs is 1. The summed E-state index contributed by atoms with van der Waals surface area (Å²) in [6.45, 7) is 1.61. The Morgan fingerprint density at radius 1 is 1.27 bits per heavy atom. The van der Waals surface area contributed by atoms with E-state index in [2.05, 4.69) is 10.2 Å². The molecule has 0 saturated heterocycles. The summed E-state index contributed by atoms with van der Waals surface area (Å²) < 4.78 is 0. The smallest absolute Gasteiger partial charge is 0.157 e. The molecule has 82 valence electrons. The lowest BCUT2D eigenvalue weighted by Crippen LogP contribution is -2.35. The summed E-state index contributed by atoms with van der Waals surface area (Å²) in [7, 11) is 4.01. The van der Waals surface area contributed by atoms with Crippen LogP contribution in [0.1, 0.15) is 17.2 Å². The first-order valence-corrected chi connectivity index (χ1v) is 5.01. The molecule has 4 heteroatoms. The van der Waals surface area contributed by atoms with Gasteiger partial charge in [0.05, 0.1) is 0 Å². The molecule has 1 atom stereocenters. The van der Waals surface area contributed by atoms with Gasteiger partial charge in [-0.25, -0.2) is 0 Å². The van der Waals surface area contributed by atoms with E-state index in [1.54, 1.807) is 12.1 Å². The zero-order valence-corrected chi connectivity index (χ0v) is 8.99. The topological polar surface area (TPSA) is 55.7 Å². The van der Waals surface area contributed by atoms with Gasteiger partial charge >= 0.3 is 0 Å². The maximum absolute atomic E-state index is 9.49. The van der Waals surface area contributed by atoms with E-state index in [1.807, 2.05) is 14.1 Å². The molecule has 0 aliphatic carbocycles. The fourth-order valence-corrected chi connectivity index (χ4v) is 2.01. The van der Waals surface area contributed by atoms with Crippen LogP contribution in [0, 0.1) is 0 Å². The Labute approximate surface area is 89.1 Å². The molecule has 4 nitrogen and oxygen atoms in total.